The molecule has 88 valence electrons. The van der Waals surface area contributed by atoms with E-state index in [1.54, 1.807) is 0 Å². The summed E-state index contributed by atoms with van der Waals surface area (Å²) in [4.78, 5) is 13.6. The number of rotatable bonds is 6. The molecule has 0 amide bonds. The minimum absolute atomic E-state index is 0.233. The first-order valence-electron chi connectivity index (χ1n) is 6.03. The van der Waals surface area contributed by atoms with Crippen LogP contribution in [0.15, 0.2) is 0 Å². The zero-order chi connectivity index (χ0) is 11.1. The van der Waals surface area contributed by atoms with Crippen molar-refractivity contribution in [1.29, 1.82) is 0 Å². The number of carbonyl (C=O) groups is 1. The molecule has 3 heteroatoms. The fourth-order valence-electron chi connectivity index (χ4n) is 2.24. The molecule has 0 spiro atoms. The van der Waals surface area contributed by atoms with Gasteiger partial charge in [-0.15, -0.1) is 0 Å². The van der Waals surface area contributed by atoms with Crippen molar-refractivity contribution >= 4 is 6.29 Å². The second-order valence-electron chi connectivity index (χ2n) is 4.51. The van der Waals surface area contributed by atoms with Crippen LogP contribution in [0.5, 0.6) is 0 Å². The van der Waals surface area contributed by atoms with Crippen LogP contribution in [-0.4, -0.2) is 44.0 Å². The second-order valence-corrected chi connectivity index (χ2v) is 4.51. The van der Waals surface area contributed by atoms with E-state index in [4.69, 9.17) is 4.74 Å². The van der Waals surface area contributed by atoms with Crippen molar-refractivity contribution in [3.05, 3.63) is 0 Å². The van der Waals surface area contributed by atoms with Gasteiger partial charge in [-0.1, -0.05) is 13.8 Å². The highest BCUT2D eigenvalue weighted by molar-refractivity contribution is 5.60. The van der Waals surface area contributed by atoms with E-state index in [1.165, 1.54) is 0 Å². The topological polar surface area (TPSA) is 29.5 Å². The van der Waals surface area contributed by atoms with Gasteiger partial charge in [-0.25, -0.2) is 0 Å². The largest absolute Gasteiger partial charge is 0.380 e. The van der Waals surface area contributed by atoms with Crippen LogP contribution in [0.2, 0.25) is 0 Å². The molecule has 0 bridgehead atoms. The summed E-state index contributed by atoms with van der Waals surface area (Å²) >= 11 is 0. The number of ether oxygens (including phenoxy) is 1. The van der Waals surface area contributed by atoms with Crippen molar-refractivity contribution in [3.63, 3.8) is 0 Å². The third-order valence-corrected chi connectivity index (χ3v) is 3.13. The van der Waals surface area contributed by atoms with Gasteiger partial charge < -0.3 is 14.4 Å². The van der Waals surface area contributed by atoms with Gasteiger partial charge in [0.2, 0.25) is 0 Å². The maximum absolute atomic E-state index is 11.2. The van der Waals surface area contributed by atoms with Crippen LogP contribution in [0.4, 0.5) is 0 Å². The monoisotopic (exact) mass is 213 g/mol. The minimum Gasteiger partial charge on any atom is -0.380 e. The molecule has 1 fully saturated rings. The number of aldehydes is 1. The first-order chi connectivity index (χ1) is 7.26. The Morgan fingerprint density at radius 1 is 1.47 bits per heavy atom. The summed E-state index contributed by atoms with van der Waals surface area (Å²) in [6, 6.07) is 0. The Hall–Kier alpha value is -0.410. The van der Waals surface area contributed by atoms with E-state index < -0.39 is 0 Å². The van der Waals surface area contributed by atoms with Crippen molar-refractivity contribution < 1.29 is 9.53 Å². The van der Waals surface area contributed by atoms with Crippen molar-refractivity contribution in [2.24, 2.45) is 5.41 Å². The van der Waals surface area contributed by atoms with E-state index in [-0.39, 0.29) is 5.41 Å². The Morgan fingerprint density at radius 2 is 2.27 bits per heavy atom. The molecule has 0 aromatic rings. The number of nitrogens with zero attached hydrogens (tertiary/aromatic N) is 1. The molecule has 0 N–H and O–H groups in total. The molecular weight excluding hydrogens is 190 g/mol. The Bertz CT molecular complexity index is 188. The molecule has 0 aromatic carbocycles. The summed E-state index contributed by atoms with van der Waals surface area (Å²) in [5, 5.41) is 0. The normalized spacial score (nSPS) is 26.9. The standard InChI is InChI=1S/C12H23NO2/c1-3-7-13(4-2)9-12(10-14)6-5-8-15-11-12/h10H,3-9,11H2,1-2H3. The van der Waals surface area contributed by atoms with Crippen molar-refractivity contribution in [2.45, 2.75) is 33.1 Å². The average Bonchev–Trinajstić information content (AvgIpc) is 2.30. The molecule has 1 aliphatic heterocycles. The smallest absolute Gasteiger partial charge is 0.129 e. The van der Waals surface area contributed by atoms with Crippen LogP contribution < -0.4 is 0 Å². The molecular formula is C12H23NO2. The van der Waals surface area contributed by atoms with Crippen molar-refractivity contribution in [3.8, 4) is 0 Å². The predicted octanol–water partition coefficient (Wildman–Crippen LogP) is 1.71. The lowest BCUT2D eigenvalue weighted by atomic mass is 9.83. The Labute approximate surface area is 92.8 Å². The Morgan fingerprint density at radius 3 is 2.73 bits per heavy atom. The van der Waals surface area contributed by atoms with Crippen molar-refractivity contribution in [1.82, 2.24) is 4.90 Å². The van der Waals surface area contributed by atoms with Crippen LogP contribution in [0.25, 0.3) is 0 Å². The second kappa shape index (κ2) is 6.23. The number of hydrogen-bond donors (Lipinski definition) is 0. The highest BCUT2D eigenvalue weighted by Gasteiger charge is 2.34. The first-order valence-corrected chi connectivity index (χ1v) is 6.03. The molecule has 0 saturated carbocycles. The molecule has 0 aromatic heterocycles. The third-order valence-electron chi connectivity index (χ3n) is 3.13. The van der Waals surface area contributed by atoms with Crippen LogP contribution in [0.3, 0.4) is 0 Å². The predicted molar refractivity (Wildman–Crippen MR) is 61.0 cm³/mol. The van der Waals surface area contributed by atoms with Gasteiger partial charge in [-0.2, -0.15) is 0 Å². The van der Waals surface area contributed by atoms with Crippen LogP contribution >= 0.6 is 0 Å². The molecule has 1 saturated heterocycles. The van der Waals surface area contributed by atoms with E-state index in [0.717, 1.165) is 51.8 Å². The van der Waals surface area contributed by atoms with Crippen LogP contribution in [0, 0.1) is 5.41 Å². The maximum Gasteiger partial charge on any atom is 0.129 e. The maximum atomic E-state index is 11.2. The molecule has 3 nitrogen and oxygen atoms in total. The van der Waals surface area contributed by atoms with Crippen LogP contribution in [0.1, 0.15) is 33.1 Å². The highest BCUT2D eigenvalue weighted by Crippen LogP contribution is 2.27. The molecule has 15 heavy (non-hydrogen) atoms. The summed E-state index contributed by atoms with van der Waals surface area (Å²) in [6.45, 7) is 8.70. The third kappa shape index (κ3) is 3.58. The molecule has 0 radical (unpaired) electrons. The molecule has 1 atom stereocenters. The minimum atomic E-state index is -0.233. The first kappa shape index (κ1) is 12.7. The summed E-state index contributed by atoms with van der Waals surface area (Å²) in [5.41, 5.74) is -0.233. The quantitative estimate of drug-likeness (QED) is 0.629. The van der Waals surface area contributed by atoms with Gasteiger partial charge in [-0.05, 0) is 32.4 Å². The summed E-state index contributed by atoms with van der Waals surface area (Å²) in [7, 11) is 0. The zero-order valence-corrected chi connectivity index (χ0v) is 10.00. The lowest BCUT2D eigenvalue weighted by Gasteiger charge is -2.36. The van der Waals surface area contributed by atoms with Gasteiger partial charge in [0, 0.05) is 13.2 Å². The van der Waals surface area contributed by atoms with E-state index in [0.29, 0.717) is 6.61 Å². The van der Waals surface area contributed by atoms with Gasteiger partial charge in [0.1, 0.15) is 6.29 Å². The average molecular weight is 213 g/mol. The van der Waals surface area contributed by atoms with E-state index >= 15 is 0 Å². The Balaban J connectivity index is 2.52. The fraction of sp³-hybridized carbons (Fsp3) is 0.917. The summed E-state index contributed by atoms with van der Waals surface area (Å²) in [6.07, 6.45) is 4.26. The SMILES string of the molecule is CCCN(CC)CC1(C=O)CCCOC1. The highest BCUT2D eigenvalue weighted by atomic mass is 16.5. The number of hydrogen-bond acceptors (Lipinski definition) is 3. The molecule has 1 unspecified atom stereocenters. The zero-order valence-electron chi connectivity index (χ0n) is 10.00. The van der Waals surface area contributed by atoms with E-state index in [2.05, 4.69) is 18.7 Å². The van der Waals surface area contributed by atoms with Gasteiger partial charge in [-0.3, -0.25) is 0 Å². The summed E-state index contributed by atoms with van der Waals surface area (Å²) in [5.74, 6) is 0. The lowest BCUT2D eigenvalue weighted by Crippen LogP contribution is -2.44. The molecule has 1 rings (SSSR count). The molecule has 1 heterocycles. The van der Waals surface area contributed by atoms with Gasteiger partial charge >= 0.3 is 0 Å². The fourth-order valence-corrected chi connectivity index (χ4v) is 2.24. The van der Waals surface area contributed by atoms with E-state index in [9.17, 15) is 4.79 Å². The van der Waals surface area contributed by atoms with Gasteiger partial charge in [0.05, 0.1) is 12.0 Å². The van der Waals surface area contributed by atoms with Crippen molar-refractivity contribution in [2.75, 3.05) is 32.8 Å². The van der Waals surface area contributed by atoms with Gasteiger partial charge in [0.25, 0.3) is 0 Å². The Kier molecular flexibility index (Phi) is 5.26. The summed E-state index contributed by atoms with van der Waals surface area (Å²) < 4.78 is 5.44. The van der Waals surface area contributed by atoms with E-state index in [1.807, 2.05) is 0 Å². The molecule has 0 aliphatic carbocycles. The lowest BCUT2D eigenvalue weighted by molar-refractivity contribution is -0.125. The molecule has 1 aliphatic rings. The number of carbonyl (C=O) groups excluding carboxylic acids is 1. The van der Waals surface area contributed by atoms with Crippen LogP contribution in [-0.2, 0) is 9.53 Å². The van der Waals surface area contributed by atoms with Gasteiger partial charge in [0.15, 0.2) is 0 Å².